The largest absolute Gasteiger partial charge is 0.374 e. The van der Waals surface area contributed by atoms with E-state index in [1.54, 1.807) is 0 Å². The highest BCUT2D eigenvalue weighted by molar-refractivity contribution is 7.99. The van der Waals surface area contributed by atoms with Gasteiger partial charge in [-0.05, 0) is 49.8 Å². The lowest BCUT2D eigenvalue weighted by Crippen LogP contribution is -2.45. The van der Waals surface area contributed by atoms with Gasteiger partial charge in [0.25, 0.3) is 0 Å². The van der Waals surface area contributed by atoms with Crippen LogP contribution in [0.3, 0.4) is 0 Å². The first-order valence-corrected chi connectivity index (χ1v) is 8.77. The zero-order valence-electron chi connectivity index (χ0n) is 11.7. The van der Waals surface area contributed by atoms with E-state index < -0.39 is 0 Å². The van der Waals surface area contributed by atoms with Crippen molar-refractivity contribution in [1.29, 1.82) is 0 Å². The first-order chi connectivity index (χ1) is 9.17. The van der Waals surface area contributed by atoms with Crippen molar-refractivity contribution < 1.29 is 9.53 Å². The average Bonchev–Trinajstić information content (AvgIpc) is 2.81. The third-order valence-electron chi connectivity index (χ3n) is 5.41. The van der Waals surface area contributed by atoms with Gasteiger partial charge in [0.05, 0.1) is 5.60 Å². The van der Waals surface area contributed by atoms with Crippen molar-refractivity contribution in [3.8, 4) is 0 Å². The Hall–Kier alpha value is -0.0600. The van der Waals surface area contributed by atoms with E-state index in [4.69, 9.17) is 10.5 Å². The highest BCUT2D eigenvalue weighted by atomic mass is 32.2. The molecule has 2 saturated heterocycles. The predicted octanol–water partition coefficient (Wildman–Crippen LogP) is 2.38. The molecule has 108 valence electrons. The van der Waals surface area contributed by atoms with Gasteiger partial charge < -0.3 is 10.5 Å². The molecule has 3 rings (SSSR count). The lowest BCUT2D eigenvalue weighted by atomic mass is 9.64. The van der Waals surface area contributed by atoms with Gasteiger partial charge in [0.2, 0.25) is 0 Å². The second-order valence-corrected chi connectivity index (χ2v) is 7.83. The second-order valence-electron chi connectivity index (χ2n) is 6.72. The van der Waals surface area contributed by atoms with E-state index in [0.29, 0.717) is 12.3 Å². The van der Waals surface area contributed by atoms with Crippen LogP contribution in [-0.2, 0) is 9.53 Å². The van der Waals surface area contributed by atoms with Crippen LogP contribution in [0.15, 0.2) is 0 Å². The molecular formula is C15H25NO2S. The normalized spacial score (nSPS) is 37.2. The fourth-order valence-corrected chi connectivity index (χ4v) is 5.19. The van der Waals surface area contributed by atoms with Crippen molar-refractivity contribution in [2.45, 2.75) is 50.5 Å². The number of thioether (sulfide) groups is 1. The number of ketones is 1. The molecule has 3 aliphatic rings. The van der Waals surface area contributed by atoms with E-state index in [1.165, 1.54) is 12.2 Å². The molecular weight excluding hydrogens is 258 g/mol. The van der Waals surface area contributed by atoms with Crippen molar-refractivity contribution in [3.63, 3.8) is 0 Å². The van der Waals surface area contributed by atoms with Crippen LogP contribution in [0.2, 0.25) is 0 Å². The average molecular weight is 283 g/mol. The summed E-state index contributed by atoms with van der Waals surface area (Å²) in [5.74, 6) is 2.97. The van der Waals surface area contributed by atoms with E-state index >= 15 is 0 Å². The van der Waals surface area contributed by atoms with E-state index in [-0.39, 0.29) is 16.9 Å². The van der Waals surface area contributed by atoms with Crippen LogP contribution in [0.1, 0.15) is 44.9 Å². The number of carbonyl (C=O) groups is 1. The molecule has 0 radical (unpaired) electrons. The summed E-state index contributed by atoms with van der Waals surface area (Å²) in [6.07, 6.45) is 7.28. The zero-order valence-corrected chi connectivity index (χ0v) is 12.5. The molecule has 0 bridgehead atoms. The maximum absolute atomic E-state index is 12.6. The maximum atomic E-state index is 12.6. The number of carbonyl (C=O) groups excluding carboxylic acids is 1. The van der Waals surface area contributed by atoms with Gasteiger partial charge >= 0.3 is 0 Å². The summed E-state index contributed by atoms with van der Waals surface area (Å²) in [7, 11) is 0. The molecule has 2 atom stereocenters. The molecule has 2 N–H and O–H groups in total. The summed E-state index contributed by atoms with van der Waals surface area (Å²) in [6.45, 7) is 1.45. The molecule has 0 aromatic carbocycles. The van der Waals surface area contributed by atoms with Gasteiger partial charge in [-0.2, -0.15) is 11.8 Å². The number of ether oxygens (including phenoxy) is 1. The third-order valence-corrected chi connectivity index (χ3v) is 6.63. The van der Waals surface area contributed by atoms with Gasteiger partial charge in [0.1, 0.15) is 5.78 Å². The van der Waals surface area contributed by atoms with Crippen LogP contribution in [0.25, 0.3) is 0 Å². The van der Waals surface area contributed by atoms with Gasteiger partial charge in [-0.3, -0.25) is 4.79 Å². The number of rotatable bonds is 4. The molecule has 3 nitrogen and oxygen atoms in total. The number of Topliss-reactive ketones (excluding diaryl/α,β-unsaturated/α-hetero) is 1. The third kappa shape index (κ3) is 2.72. The van der Waals surface area contributed by atoms with Crippen LogP contribution >= 0.6 is 11.8 Å². The van der Waals surface area contributed by atoms with E-state index in [0.717, 1.165) is 50.9 Å². The Morgan fingerprint density at radius 3 is 2.79 bits per heavy atom. The highest BCUT2D eigenvalue weighted by Crippen LogP contribution is 2.46. The minimum absolute atomic E-state index is 0.0265. The zero-order chi connectivity index (χ0) is 13.3. The van der Waals surface area contributed by atoms with Crippen molar-refractivity contribution in [1.82, 2.24) is 0 Å². The van der Waals surface area contributed by atoms with Crippen LogP contribution in [0.5, 0.6) is 0 Å². The fourth-order valence-electron chi connectivity index (χ4n) is 3.81. The number of hydrogen-bond acceptors (Lipinski definition) is 4. The topological polar surface area (TPSA) is 52.3 Å². The molecule has 2 aliphatic heterocycles. The summed E-state index contributed by atoms with van der Waals surface area (Å²) in [5, 5.41) is 0. The quantitative estimate of drug-likeness (QED) is 0.860. The molecule has 1 spiro atoms. The van der Waals surface area contributed by atoms with Crippen molar-refractivity contribution in [2.24, 2.45) is 17.1 Å². The van der Waals surface area contributed by atoms with Crippen molar-refractivity contribution in [3.05, 3.63) is 0 Å². The monoisotopic (exact) mass is 283 g/mol. The Morgan fingerprint density at radius 1 is 1.37 bits per heavy atom. The molecule has 2 heterocycles. The smallest absolute Gasteiger partial charge is 0.136 e. The molecule has 0 aromatic rings. The van der Waals surface area contributed by atoms with E-state index in [9.17, 15) is 4.79 Å². The van der Waals surface area contributed by atoms with Crippen LogP contribution in [-0.4, -0.2) is 36.0 Å². The molecule has 2 unspecified atom stereocenters. The summed E-state index contributed by atoms with van der Waals surface area (Å²) >= 11 is 1.97. The summed E-state index contributed by atoms with van der Waals surface area (Å²) < 4.78 is 6.01. The summed E-state index contributed by atoms with van der Waals surface area (Å²) in [6, 6.07) is 0. The van der Waals surface area contributed by atoms with Gasteiger partial charge in [-0.25, -0.2) is 0 Å². The Bertz CT molecular complexity index is 343. The molecule has 19 heavy (non-hydrogen) atoms. The molecule has 1 saturated carbocycles. The van der Waals surface area contributed by atoms with Gasteiger partial charge in [-0.15, -0.1) is 0 Å². The van der Waals surface area contributed by atoms with Crippen molar-refractivity contribution >= 4 is 17.5 Å². The number of hydrogen-bond donors (Lipinski definition) is 1. The second kappa shape index (κ2) is 5.38. The SMILES string of the molecule is NCC1(CC(=O)C2CCOC3(CCSC3)C2)CCC1. The Kier molecular flexibility index (Phi) is 3.93. The standard InChI is InChI=1S/C15H25NO2S/c16-10-14(3-1-4-14)9-13(17)12-2-6-18-15(8-12)5-7-19-11-15/h12H,1-11,16H2. The van der Waals surface area contributed by atoms with Crippen molar-refractivity contribution in [2.75, 3.05) is 24.7 Å². The Balaban J connectivity index is 1.60. The number of nitrogens with two attached hydrogens (primary N) is 1. The lowest BCUT2D eigenvalue weighted by molar-refractivity contribution is -0.137. The van der Waals surface area contributed by atoms with Crippen LogP contribution in [0, 0.1) is 11.3 Å². The summed E-state index contributed by atoms with van der Waals surface area (Å²) in [4.78, 5) is 12.6. The van der Waals surface area contributed by atoms with Gasteiger partial charge in [-0.1, -0.05) is 6.42 Å². The Labute approximate surface area is 120 Å². The Morgan fingerprint density at radius 2 is 2.21 bits per heavy atom. The van der Waals surface area contributed by atoms with Gasteiger partial charge in [0.15, 0.2) is 0 Å². The molecule has 1 aliphatic carbocycles. The minimum Gasteiger partial charge on any atom is -0.374 e. The highest BCUT2D eigenvalue weighted by Gasteiger charge is 2.44. The first-order valence-electron chi connectivity index (χ1n) is 7.62. The minimum atomic E-state index is 0.0265. The first kappa shape index (κ1) is 13.9. The molecule has 3 fully saturated rings. The molecule has 0 amide bonds. The van der Waals surface area contributed by atoms with Gasteiger partial charge in [0, 0.05) is 24.7 Å². The molecule has 4 heteroatoms. The lowest BCUT2D eigenvalue weighted by Gasteiger charge is -2.43. The fraction of sp³-hybridized carbons (Fsp3) is 0.933. The maximum Gasteiger partial charge on any atom is 0.136 e. The van der Waals surface area contributed by atoms with Crippen LogP contribution in [0.4, 0.5) is 0 Å². The van der Waals surface area contributed by atoms with E-state index in [2.05, 4.69) is 0 Å². The molecule has 0 aromatic heterocycles. The van der Waals surface area contributed by atoms with Crippen LogP contribution < -0.4 is 5.73 Å². The summed E-state index contributed by atoms with van der Waals surface area (Å²) in [5.41, 5.74) is 6.07. The predicted molar refractivity (Wildman–Crippen MR) is 78.3 cm³/mol. The van der Waals surface area contributed by atoms with E-state index in [1.807, 2.05) is 11.8 Å².